The Balaban J connectivity index is 2.00. The third kappa shape index (κ3) is 4.61. The molecular formula is C19H26BClIN2O4P. The molecule has 158 valence electrons. The minimum Gasteiger partial charge on any atom is -0.469 e. The zero-order chi connectivity index (χ0) is 21.4. The van der Waals surface area contributed by atoms with Gasteiger partial charge in [-0.05, 0) is 86.1 Å². The molecule has 3 rings (SSSR count). The minimum absolute atomic E-state index is 0.193. The van der Waals surface area contributed by atoms with E-state index in [0.717, 1.165) is 41.2 Å². The molecule has 0 radical (unpaired) electrons. The van der Waals surface area contributed by atoms with Crippen LogP contribution in [0.3, 0.4) is 0 Å². The van der Waals surface area contributed by atoms with Gasteiger partial charge in [-0.15, -0.1) is 0 Å². The molecule has 2 aromatic rings. The Morgan fingerprint density at radius 2 is 1.97 bits per heavy atom. The molecular weight excluding hydrogens is 524 g/mol. The molecule has 0 aliphatic carbocycles. The van der Waals surface area contributed by atoms with Crippen LogP contribution in [0.1, 0.15) is 52.5 Å². The fraction of sp³-hybridized carbons (Fsp3) is 0.579. The number of fused-ring (bicyclic) bond motifs is 1. The van der Waals surface area contributed by atoms with Crippen LogP contribution >= 0.6 is 40.0 Å². The molecule has 0 spiro atoms. The van der Waals surface area contributed by atoms with Gasteiger partial charge in [-0.1, -0.05) is 11.6 Å². The molecule has 0 bridgehead atoms. The third-order valence-corrected chi connectivity index (χ3v) is 8.05. The summed E-state index contributed by atoms with van der Waals surface area (Å²) in [7, 11) is 0.890. The molecule has 1 aromatic heterocycles. The second kappa shape index (κ2) is 8.99. The van der Waals surface area contributed by atoms with Crippen LogP contribution in [-0.4, -0.2) is 41.0 Å². The van der Waals surface area contributed by atoms with Crippen molar-refractivity contribution < 1.29 is 18.8 Å². The van der Waals surface area contributed by atoms with E-state index in [9.17, 15) is 4.79 Å². The first-order valence-corrected chi connectivity index (χ1v) is 14.0. The summed E-state index contributed by atoms with van der Waals surface area (Å²) >= 11 is 9.05. The average molecular weight is 551 g/mol. The van der Waals surface area contributed by atoms with Crippen molar-refractivity contribution in [1.82, 2.24) is 9.55 Å². The van der Waals surface area contributed by atoms with Gasteiger partial charge in [0.05, 0.1) is 36.4 Å². The summed E-state index contributed by atoms with van der Waals surface area (Å²) in [6.45, 7) is 8.17. The maximum Gasteiger partial charge on any atom is 0.495 e. The van der Waals surface area contributed by atoms with E-state index in [-0.39, 0.29) is 5.97 Å². The summed E-state index contributed by atoms with van der Waals surface area (Å²) in [6, 6.07) is 1.97. The Morgan fingerprint density at radius 1 is 1.31 bits per heavy atom. The van der Waals surface area contributed by atoms with E-state index in [0.29, 0.717) is 17.8 Å². The first-order valence-electron chi connectivity index (χ1n) is 9.59. The lowest BCUT2D eigenvalue weighted by Gasteiger charge is -2.32. The summed E-state index contributed by atoms with van der Waals surface area (Å²) in [5.41, 5.74) is 2.03. The number of ether oxygens (including phenoxy) is 1. The van der Waals surface area contributed by atoms with E-state index in [2.05, 4.69) is 27.1 Å². The summed E-state index contributed by atoms with van der Waals surface area (Å²) in [5.74, 6) is -0.193. The zero-order valence-corrected chi connectivity index (χ0v) is 21.3. The van der Waals surface area contributed by atoms with Gasteiger partial charge in [0.25, 0.3) is 0 Å². The van der Waals surface area contributed by atoms with Crippen molar-refractivity contribution in [3.63, 3.8) is 0 Å². The minimum atomic E-state index is -0.521. The summed E-state index contributed by atoms with van der Waals surface area (Å²) < 4.78 is 19.4. The Kier molecular flexibility index (Phi) is 7.21. The quantitative estimate of drug-likeness (QED) is 0.165. The maximum atomic E-state index is 11.4. The van der Waals surface area contributed by atoms with Gasteiger partial charge in [-0.3, -0.25) is 4.79 Å². The highest BCUT2D eigenvalue weighted by molar-refractivity contribution is 14.2. The van der Waals surface area contributed by atoms with Crippen molar-refractivity contribution in [2.75, 3.05) is 7.11 Å². The highest BCUT2D eigenvalue weighted by Crippen LogP contribution is 2.39. The Hall–Kier alpha value is -0.405. The fourth-order valence-corrected chi connectivity index (χ4v) is 5.26. The highest BCUT2D eigenvalue weighted by Gasteiger charge is 2.52. The molecule has 10 heteroatoms. The van der Waals surface area contributed by atoms with Gasteiger partial charge in [0, 0.05) is 16.8 Å². The van der Waals surface area contributed by atoms with Crippen LogP contribution in [0.15, 0.2) is 12.3 Å². The average Bonchev–Trinajstić information content (AvgIpc) is 3.14. The molecule has 1 saturated heterocycles. The van der Waals surface area contributed by atoms with Crippen LogP contribution in [0, 0.1) is 0 Å². The van der Waals surface area contributed by atoms with Crippen LogP contribution in [0.2, 0.25) is 5.02 Å². The predicted molar refractivity (Wildman–Crippen MR) is 128 cm³/mol. The van der Waals surface area contributed by atoms with E-state index in [1.165, 1.54) is 7.11 Å². The number of unbranched alkanes of at least 4 members (excludes halogenated alkanes) is 1. The topological polar surface area (TPSA) is 62.6 Å². The molecule has 2 heterocycles. The molecule has 1 fully saturated rings. The summed E-state index contributed by atoms with van der Waals surface area (Å²) in [4.78, 5) is 11.4. The van der Waals surface area contributed by atoms with Gasteiger partial charge < -0.3 is 14.0 Å². The summed E-state index contributed by atoms with van der Waals surface area (Å²) in [5, 5.41) is 6.20. The molecule has 0 amide bonds. The summed E-state index contributed by atoms with van der Waals surface area (Å²) in [6.07, 6.45) is 5.01. The third-order valence-electron chi connectivity index (χ3n) is 5.83. The van der Waals surface area contributed by atoms with Crippen molar-refractivity contribution in [3.8, 4) is 0 Å². The van der Waals surface area contributed by atoms with E-state index < -0.39 is 18.3 Å². The lowest BCUT2D eigenvalue weighted by molar-refractivity contribution is -0.140. The zero-order valence-electron chi connectivity index (χ0n) is 17.3. The van der Waals surface area contributed by atoms with Crippen molar-refractivity contribution in [2.24, 2.45) is 0 Å². The van der Waals surface area contributed by atoms with Crippen LogP contribution in [0.4, 0.5) is 0 Å². The van der Waals surface area contributed by atoms with Crippen molar-refractivity contribution in [1.29, 1.82) is 0 Å². The van der Waals surface area contributed by atoms with E-state index in [4.69, 9.17) is 25.6 Å². The van der Waals surface area contributed by atoms with Crippen molar-refractivity contribution in [2.45, 2.75) is 64.6 Å². The number of carbonyl (C=O) groups is 1. The number of benzene rings is 1. The molecule has 1 unspecified atom stereocenters. The number of carbonyl (C=O) groups excluding carboxylic acids is 1. The number of esters is 1. The van der Waals surface area contributed by atoms with Gasteiger partial charge in [-0.2, -0.15) is 5.10 Å². The number of hydrogen-bond acceptors (Lipinski definition) is 5. The van der Waals surface area contributed by atoms with E-state index in [1.54, 1.807) is 0 Å². The van der Waals surface area contributed by atoms with Gasteiger partial charge in [0.2, 0.25) is 0 Å². The second-order valence-electron chi connectivity index (χ2n) is 8.20. The molecule has 1 aromatic carbocycles. The number of methoxy groups -OCH3 is 1. The van der Waals surface area contributed by atoms with Crippen molar-refractivity contribution >= 4 is 69.5 Å². The SMILES string of the molecule is COC(=O)CCCCc1c(Cl)cc2c(cnn2PI)c1B1OC(C)(C)C(C)(C)O1. The monoisotopic (exact) mass is 550 g/mol. The van der Waals surface area contributed by atoms with Crippen LogP contribution in [0.5, 0.6) is 0 Å². The molecule has 1 atom stereocenters. The molecule has 1 aliphatic rings. The lowest BCUT2D eigenvalue weighted by Crippen LogP contribution is -2.41. The Labute approximate surface area is 191 Å². The molecule has 6 nitrogen and oxygen atoms in total. The van der Waals surface area contributed by atoms with Crippen LogP contribution in [-0.2, 0) is 25.3 Å². The lowest BCUT2D eigenvalue weighted by atomic mass is 9.73. The van der Waals surface area contributed by atoms with Crippen LogP contribution in [0.25, 0.3) is 10.9 Å². The smallest absolute Gasteiger partial charge is 0.469 e. The first kappa shape index (κ1) is 23.3. The number of nitrogens with zero attached hydrogens (tertiary/aromatic N) is 2. The van der Waals surface area contributed by atoms with Gasteiger partial charge >= 0.3 is 13.1 Å². The fourth-order valence-electron chi connectivity index (χ4n) is 3.43. The van der Waals surface area contributed by atoms with E-state index in [1.807, 2.05) is 44.4 Å². The van der Waals surface area contributed by atoms with Gasteiger partial charge in [0.1, 0.15) is 0 Å². The molecule has 1 aliphatic heterocycles. The van der Waals surface area contributed by atoms with E-state index >= 15 is 0 Å². The highest BCUT2D eigenvalue weighted by atomic mass is 127. The number of aromatic nitrogens is 2. The molecule has 0 saturated carbocycles. The van der Waals surface area contributed by atoms with Gasteiger partial charge in [-0.25, -0.2) is 4.45 Å². The Morgan fingerprint density at radius 3 is 2.55 bits per heavy atom. The van der Waals surface area contributed by atoms with Crippen molar-refractivity contribution in [3.05, 3.63) is 22.8 Å². The number of rotatable bonds is 7. The predicted octanol–water partition coefficient (Wildman–Crippen LogP) is 4.67. The largest absolute Gasteiger partial charge is 0.495 e. The second-order valence-corrected chi connectivity index (χ2v) is 10.6. The van der Waals surface area contributed by atoms with Crippen LogP contribution < -0.4 is 5.46 Å². The maximum absolute atomic E-state index is 11.4. The normalized spacial score (nSPS) is 18.2. The van der Waals surface area contributed by atoms with Gasteiger partial charge in [0.15, 0.2) is 0 Å². The molecule has 29 heavy (non-hydrogen) atoms. The standard InChI is InChI=1S/C19H26BClIN2O4P/c1-18(2)19(3,4)28-20(27-18)17-12(8-6-7-9-16(25)26-5)14(21)10-15-13(17)11-23-24(15)29-22/h10-11,29H,6-9H2,1-5H3. The number of hydrogen-bond donors (Lipinski definition) is 0. The molecule has 0 N–H and O–H groups in total. The first-order chi connectivity index (χ1) is 13.6. The number of halogens is 2. The Bertz CT molecular complexity index is 905.